The van der Waals surface area contributed by atoms with E-state index in [2.05, 4.69) is 4.98 Å². The summed E-state index contributed by atoms with van der Waals surface area (Å²) in [6.45, 7) is 1.41. The van der Waals surface area contributed by atoms with Crippen molar-refractivity contribution in [2.75, 3.05) is 23.7 Å². The zero-order valence-corrected chi connectivity index (χ0v) is 15.7. The molecular formula is C19H19F2N5OS. The van der Waals surface area contributed by atoms with Crippen molar-refractivity contribution >= 4 is 39.0 Å². The van der Waals surface area contributed by atoms with Gasteiger partial charge in [0, 0.05) is 35.6 Å². The molecule has 0 atom stereocenters. The number of carbonyl (C=O) groups is 1. The molecule has 0 aliphatic carbocycles. The van der Waals surface area contributed by atoms with Crippen LogP contribution < -0.4 is 22.1 Å². The zero-order chi connectivity index (χ0) is 20.0. The lowest BCUT2D eigenvalue weighted by Crippen LogP contribution is -2.40. The summed E-state index contributed by atoms with van der Waals surface area (Å²) < 4.78 is 28.4. The number of rotatable bonds is 3. The number of carbonyl (C=O) groups excluding carboxylic acids is 1. The number of nitrogen functional groups attached to an aromatic ring is 1. The van der Waals surface area contributed by atoms with Crippen LogP contribution in [0.1, 0.15) is 22.5 Å². The first-order chi connectivity index (χ1) is 13.3. The van der Waals surface area contributed by atoms with Gasteiger partial charge in [0.05, 0.1) is 5.69 Å². The minimum Gasteiger partial charge on any atom is -0.397 e. The summed E-state index contributed by atoms with van der Waals surface area (Å²) in [5, 5.41) is 0.403. The lowest BCUT2D eigenvalue weighted by atomic mass is 10.0. The zero-order valence-electron chi connectivity index (χ0n) is 14.9. The van der Waals surface area contributed by atoms with Gasteiger partial charge in [-0.15, -0.1) is 11.3 Å². The van der Waals surface area contributed by atoms with Crippen molar-refractivity contribution in [1.29, 1.82) is 0 Å². The van der Waals surface area contributed by atoms with Crippen LogP contribution in [0.3, 0.4) is 0 Å². The van der Waals surface area contributed by atoms with E-state index < -0.39 is 17.5 Å². The maximum atomic E-state index is 14.6. The average Bonchev–Trinajstić information content (AvgIpc) is 3.01. The number of fused-ring (bicyclic) bond motifs is 1. The Hall–Kier alpha value is -2.78. The van der Waals surface area contributed by atoms with Crippen LogP contribution in [0.4, 0.5) is 20.3 Å². The van der Waals surface area contributed by atoms with E-state index in [1.165, 1.54) is 0 Å². The van der Waals surface area contributed by atoms with Gasteiger partial charge in [0.15, 0.2) is 0 Å². The number of anilines is 2. The number of nitrogens with two attached hydrogens (primary N) is 3. The predicted octanol–water partition coefficient (Wildman–Crippen LogP) is 2.85. The molecule has 0 saturated carbocycles. The van der Waals surface area contributed by atoms with Crippen molar-refractivity contribution in [3.8, 4) is 11.1 Å². The number of halogens is 2. The Labute approximate surface area is 163 Å². The first-order valence-electron chi connectivity index (χ1n) is 8.84. The third kappa shape index (κ3) is 3.16. The third-order valence-electron chi connectivity index (χ3n) is 4.99. The highest BCUT2D eigenvalue weighted by molar-refractivity contribution is 7.21. The number of amides is 1. The summed E-state index contributed by atoms with van der Waals surface area (Å²) in [5.41, 5.74) is 18.1. The van der Waals surface area contributed by atoms with Crippen LogP contribution in [0.2, 0.25) is 0 Å². The molecule has 146 valence electrons. The largest absolute Gasteiger partial charge is 0.397 e. The molecule has 1 aromatic carbocycles. The molecule has 28 heavy (non-hydrogen) atoms. The van der Waals surface area contributed by atoms with Gasteiger partial charge < -0.3 is 22.1 Å². The number of benzene rings is 1. The average molecular weight is 403 g/mol. The molecule has 4 rings (SSSR count). The highest BCUT2D eigenvalue weighted by Crippen LogP contribution is 2.42. The minimum absolute atomic E-state index is 0.0582. The maximum Gasteiger partial charge on any atom is 0.260 e. The summed E-state index contributed by atoms with van der Waals surface area (Å²) in [6.07, 6.45) is 1.62. The Morgan fingerprint density at radius 1 is 1.18 bits per heavy atom. The van der Waals surface area contributed by atoms with Gasteiger partial charge in [-0.3, -0.25) is 4.79 Å². The molecular weight excluding hydrogens is 384 g/mol. The van der Waals surface area contributed by atoms with Crippen LogP contribution in [-0.4, -0.2) is 30.0 Å². The summed E-state index contributed by atoms with van der Waals surface area (Å²) in [4.78, 5) is 19.0. The molecule has 0 unspecified atom stereocenters. The molecule has 6 nitrogen and oxygen atoms in total. The van der Waals surface area contributed by atoms with Crippen molar-refractivity contribution in [3.63, 3.8) is 0 Å². The number of nitrogens with zero attached hydrogens (tertiary/aromatic N) is 2. The first-order valence-corrected chi connectivity index (χ1v) is 9.65. The molecule has 0 bridgehead atoms. The quantitative estimate of drug-likeness (QED) is 0.623. The van der Waals surface area contributed by atoms with E-state index >= 15 is 0 Å². The van der Waals surface area contributed by atoms with Crippen molar-refractivity contribution in [3.05, 3.63) is 40.8 Å². The van der Waals surface area contributed by atoms with Gasteiger partial charge in [-0.05, 0) is 37.1 Å². The molecule has 0 spiro atoms. The van der Waals surface area contributed by atoms with Crippen molar-refractivity contribution < 1.29 is 13.6 Å². The van der Waals surface area contributed by atoms with Crippen molar-refractivity contribution in [2.24, 2.45) is 11.5 Å². The molecule has 2 aromatic heterocycles. The van der Waals surface area contributed by atoms with Crippen molar-refractivity contribution in [1.82, 2.24) is 4.98 Å². The molecule has 6 N–H and O–H groups in total. The van der Waals surface area contributed by atoms with E-state index in [9.17, 15) is 13.6 Å². The number of thiophene rings is 1. The summed E-state index contributed by atoms with van der Waals surface area (Å²) in [6, 6.07) is 5.05. The van der Waals surface area contributed by atoms with Gasteiger partial charge in [0.25, 0.3) is 5.91 Å². The maximum absolute atomic E-state index is 14.6. The second kappa shape index (κ2) is 6.99. The number of pyridine rings is 1. The summed E-state index contributed by atoms with van der Waals surface area (Å²) in [7, 11) is 0. The Morgan fingerprint density at radius 2 is 1.89 bits per heavy atom. The molecule has 3 aromatic rings. The topological polar surface area (TPSA) is 111 Å². The second-order valence-electron chi connectivity index (χ2n) is 6.87. The number of aromatic nitrogens is 1. The van der Waals surface area contributed by atoms with Gasteiger partial charge in [-0.1, -0.05) is 0 Å². The van der Waals surface area contributed by atoms with Gasteiger partial charge in [-0.25, -0.2) is 13.8 Å². The summed E-state index contributed by atoms with van der Waals surface area (Å²) in [5.74, 6) is -1.24. The van der Waals surface area contributed by atoms with Crippen LogP contribution in [-0.2, 0) is 0 Å². The van der Waals surface area contributed by atoms with E-state index in [0.29, 0.717) is 34.7 Å². The van der Waals surface area contributed by atoms with Gasteiger partial charge in [0.2, 0.25) is 0 Å². The Kier molecular flexibility index (Phi) is 4.64. The number of primary amides is 1. The van der Waals surface area contributed by atoms with Crippen LogP contribution >= 0.6 is 11.3 Å². The fraction of sp³-hybridized carbons (Fsp3) is 0.263. The molecule has 1 amide bonds. The molecule has 3 heterocycles. The van der Waals surface area contributed by atoms with Gasteiger partial charge in [0.1, 0.15) is 27.2 Å². The second-order valence-corrected chi connectivity index (χ2v) is 7.86. The van der Waals surface area contributed by atoms with E-state index in [1.807, 2.05) is 4.90 Å². The third-order valence-corrected chi connectivity index (χ3v) is 6.11. The number of hydrogen-bond acceptors (Lipinski definition) is 6. The fourth-order valence-electron chi connectivity index (χ4n) is 3.50. The van der Waals surface area contributed by atoms with E-state index in [0.717, 1.165) is 42.4 Å². The van der Waals surface area contributed by atoms with Crippen molar-refractivity contribution in [2.45, 2.75) is 18.9 Å². The Balaban J connectivity index is 1.97. The molecule has 1 aliphatic rings. The predicted molar refractivity (Wildman–Crippen MR) is 107 cm³/mol. The normalized spacial score (nSPS) is 15.3. The lowest BCUT2D eigenvalue weighted by molar-refractivity contribution is 0.100. The molecule has 9 heteroatoms. The van der Waals surface area contributed by atoms with E-state index in [-0.39, 0.29) is 22.2 Å². The lowest BCUT2D eigenvalue weighted by Gasteiger charge is -2.31. The SMILES string of the molecule is NC(=O)c1sc2nc(N3CCC(N)CC3)cc(-c3cc(F)ccc3F)c2c1N. The van der Waals surface area contributed by atoms with Crippen LogP contribution in [0, 0.1) is 11.6 Å². The van der Waals surface area contributed by atoms with E-state index in [4.69, 9.17) is 17.2 Å². The summed E-state index contributed by atoms with van der Waals surface area (Å²) >= 11 is 1.05. The number of hydrogen-bond donors (Lipinski definition) is 3. The van der Waals surface area contributed by atoms with Crippen LogP contribution in [0.5, 0.6) is 0 Å². The number of piperidine rings is 1. The minimum atomic E-state index is -0.684. The highest BCUT2D eigenvalue weighted by Gasteiger charge is 2.24. The molecule has 1 fully saturated rings. The van der Waals surface area contributed by atoms with Gasteiger partial charge in [-0.2, -0.15) is 0 Å². The standard InChI is InChI=1S/C19H19F2N5OS/c20-9-1-2-13(21)11(7-9)12-8-14(26-5-3-10(22)4-6-26)25-19-15(12)16(23)17(28-19)18(24)27/h1-2,7-8,10H,3-6,22-23H2,(H2,24,27). The molecule has 1 saturated heterocycles. The fourth-order valence-corrected chi connectivity index (χ4v) is 4.47. The van der Waals surface area contributed by atoms with E-state index in [1.54, 1.807) is 6.07 Å². The molecule has 1 aliphatic heterocycles. The highest BCUT2D eigenvalue weighted by atomic mass is 32.1. The Morgan fingerprint density at radius 3 is 2.57 bits per heavy atom. The van der Waals surface area contributed by atoms with Crippen LogP contribution in [0.25, 0.3) is 21.3 Å². The van der Waals surface area contributed by atoms with Crippen LogP contribution in [0.15, 0.2) is 24.3 Å². The molecule has 0 radical (unpaired) electrons. The smallest absolute Gasteiger partial charge is 0.260 e. The first kappa shape index (κ1) is 18.6. The van der Waals surface area contributed by atoms with Gasteiger partial charge >= 0.3 is 0 Å². The monoisotopic (exact) mass is 403 g/mol. The Bertz CT molecular complexity index is 1080.